The van der Waals surface area contributed by atoms with Gasteiger partial charge in [0.2, 0.25) is 0 Å². The van der Waals surface area contributed by atoms with Crippen LogP contribution >= 0.6 is 0 Å². The van der Waals surface area contributed by atoms with Gasteiger partial charge in [0.1, 0.15) is 5.65 Å². The van der Waals surface area contributed by atoms with E-state index in [1.807, 2.05) is 54.6 Å². The summed E-state index contributed by atoms with van der Waals surface area (Å²) in [5.41, 5.74) is 7.60. The summed E-state index contributed by atoms with van der Waals surface area (Å²) in [4.78, 5) is 5.24. The first-order valence-corrected chi connectivity index (χ1v) is 22.8. The molecular formula is C64H45N4OPt-3. The fourth-order valence-electron chi connectivity index (χ4n) is 9.60. The maximum absolute atomic E-state index is 9.77. The van der Waals surface area contributed by atoms with E-state index < -0.39 is 30.2 Å². The predicted octanol–water partition coefficient (Wildman–Crippen LogP) is 16.8. The summed E-state index contributed by atoms with van der Waals surface area (Å²) in [6, 6.07) is 55.1. The van der Waals surface area contributed by atoms with Crippen molar-refractivity contribution < 1.29 is 37.8 Å². The molecule has 12 aromatic rings. The van der Waals surface area contributed by atoms with Crippen LogP contribution in [0.5, 0.6) is 0 Å². The van der Waals surface area contributed by atoms with Gasteiger partial charge in [0.05, 0.1) is 15.1 Å². The van der Waals surface area contributed by atoms with E-state index in [0.717, 1.165) is 54.9 Å². The van der Waals surface area contributed by atoms with Gasteiger partial charge in [-0.25, -0.2) is 4.98 Å². The second kappa shape index (κ2) is 17.1. The molecule has 9 aromatic carbocycles. The Bertz CT molecular complexity index is 4840. The molecule has 0 amide bonds. The molecule has 0 N–H and O–H groups in total. The van der Waals surface area contributed by atoms with E-state index in [1.165, 1.54) is 11.6 Å². The molecule has 0 fully saturated rings. The SMILES string of the molecule is [2H]c1c([2H])c([2H])c(-c2cc([2H])c3c(c2[2H])c2c([2H])c([2H])c4[c-]c2n3c2cccc(n2)c2cccc(c2)c2ccccc2c2cccc(-c3cccc(C(C)(C)C)c3)c2n2[cH-]n(c3[c-]c(ccc3)o4)-c3ccccc3-2)c([2H])c1[2H].[Pt]. The van der Waals surface area contributed by atoms with E-state index >= 15 is 0 Å². The summed E-state index contributed by atoms with van der Waals surface area (Å²) in [5.74, 6) is 0. The molecule has 4 heterocycles. The average Bonchev–Trinajstić information content (AvgIpc) is 4.23. The van der Waals surface area contributed by atoms with Gasteiger partial charge >= 0.3 is 0 Å². The number of nitrogens with zero attached hydrogens (tertiary/aromatic N) is 4. The first-order chi connectivity index (χ1) is 37.6. The summed E-state index contributed by atoms with van der Waals surface area (Å²) < 4.78 is 93.9. The van der Waals surface area contributed by atoms with Crippen LogP contribution < -0.4 is 0 Å². The molecule has 0 atom stereocenters. The van der Waals surface area contributed by atoms with Gasteiger partial charge in [-0.2, -0.15) is 24.2 Å². The largest absolute Gasteiger partial charge is 0.510 e. The molecule has 0 spiro atoms. The summed E-state index contributed by atoms with van der Waals surface area (Å²) >= 11 is 0. The van der Waals surface area contributed by atoms with Crippen LogP contribution in [0.1, 0.15) is 38.7 Å². The number of pyridine rings is 1. The molecule has 340 valence electrons. The first kappa shape index (κ1) is 34.2. The van der Waals surface area contributed by atoms with Crippen LogP contribution in [-0.4, -0.2) is 18.5 Å². The number of para-hydroxylation sites is 3. The second-order valence-corrected chi connectivity index (χ2v) is 18.2. The van der Waals surface area contributed by atoms with Gasteiger partial charge in [-0.3, -0.25) is 0 Å². The maximum Gasteiger partial charge on any atom is 0.136 e. The topological polar surface area (TPSA) is 40.3 Å². The van der Waals surface area contributed by atoms with E-state index in [4.69, 9.17) is 16.3 Å². The number of hydrogen-bond donors (Lipinski definition) is 0. The summed E-state index contributed by atoms with van der Waals surface area (Å²) in [6.07, 6.45) is 2.07. The zero-order valence-electron chi connectivity index (χ0n) is 47.1. The quantitative estimate of drug-likeness (QED) is 0.162. The second-order valence-electron chi connectivity index (χ2n) is 18.2. The van der Waals surface area contributed by atoms with Crippen molar-refractivity contribution in [1.82, 2.24) is 18.5 Å². The monoisotopic (exact) mass is 1090 g/mol. The molecule has 10 bridgehead atoms. The van der Waals surface area contributed by atoms with E-state index in [2.05, 4.69) is 133 Å². The Balaban J connectivity index is 0.00000623. The van der Waals surface area contributed by atoms with Gasteiger partial charge in [0, 0.05) is 50.8 Å². The molecule has 0 saturated heterocycles. The molecule has 1 aliphatic heterocycles. The van der Waals surface area contributed by atoms with Crippen molar-refractivity contribution in [2.75, 3.05) is 0 Å². The van der Waals surface area contributed by atoms with Crippen LogP contribution in [-0.2, 0) is 26.5 Å². The molecule has 0 unspecified atom stereocenters. The standard InChI is InChI=1S/C64H45N4O.Pt/c1-64(2,3)47-21-12-19-45(37-47)52-26-14-27-55-53-25-8-7-24-51(53)44-18-11-20-46(36-44)57-28-15-31-62(65-57)68-58-35-32-43(42-16-5-4-6-17-42)38-56(58)54-34-33-50(40-61(54)68)69-49-23-13-22-48(39-49)66-41-67(63(52)55)60-30-10-9-29-59(60)66;/h4-38,41H,1-3H3;/q-3;/i4D,5D,6D,16D,17D,33D,34D,35D,38D;. The van der Waals surface area contributed by atoms with E-state index in [1.54, 1.807) is 16.5 Å². The van der Waals surface area contributed by atoms with Crippen molar-refractivity contribution in [3.8, 4) is 33.6 Å². The zero-order valence-corrected chi connectivity index (χ0v) is 40.4. The van der Waals surface area contributed by atoms with Crippen molar-refractivity contribution >= 4 is 82.1 Å². The Kier molecular flexibility index (Phi) is 8.38. The third-order valence-electron chi connectivity index (χ3n) is 12.9. The Morgan fingerprint density at radius 3 is 2.16 bits per heavy atom. The zero-order chi connectivity index (χ0) is 54.1. The third-order valence-corrected chi connectivity index (χ3v) is 12.9. The smallest absolute Gasteiger partial charge is 0.136 e. The average molecular weight is 1090 g/mol. The Morgan fingerprint density at radius 1 is 0.557 bits per heavy atom. The van der Waals surface area contributed by atoms with Gasteiger partial charge in [-0.05, 0) is 103 Å². The molecule has 3 aromatic heterocycles. The van der Waals surface area contributed by atoms with Gasteiger partial charge in [-0.15, -0.1) is 29.1 Å². The fourth-order valence-corrected chi connectivity index (χ4v) is 9.60. The predicted molar refractivity (Wildman–Crippen MR) is 287 cm³/mol. The first-order valence-electron chi connectivity index (χ1n) is 27.3. The van der Waals surface area contributed by atoms with E-state index in [-0.39, 0.29) is 94.7 Å². The molecule has 0 radical (unpaired) electrons. The number of imidazole rings is 1. The maximum atomic E-state index is 9.77. The van der Waals surface area contributed by atoms with Crippen LogP contribution in [0.3, 0.4) is 0 Å². The van der Waals surface area contributed by atoms with Gasteiger partial charge in [0.25, 0.3) is 0 Å². The minimum absolute atomic E-state index is 0. The Labute approximate surface area is 432 Å². The van der Waals surface area contributed by atoms with Gasteiger partial charge in [-0.1, -0.05) is 184 Å². The fraction of sp³-hybridized carbons (Fsp3) is 0.0625. The van der Waals surface area contributed by atoms with Crippen LogP contribution in [0.25, 0.3) is 116 Å². The van der Waals surface area contributed by atoms with Crippen LogP contribution in [0.2, 0.25) is 0 Å². The molecule has 5 nitrogen and oxygen atoms in total. The van der Waals surface area contributed by atoms with Crippen LogP contribution in [0.4, 0.5) is 0 Å². The van der Waals surface area contributed by atoms with Crippen LogP contribution in [0.15, 0.2) is 223 Å². The van der Waals surface area contributed by atoms with Crippen molar-refractivity contribution in [3.63, 3.8) is 0 Å². The van der Waals surface area contributed by atoms with E-state index in [0.29, 0.717) is 16.7 Å². The molecular weight excluding hydrogens is 1040 g/mol. The normalized spacial score (nSPS) is 13.6. The number of rotatable bonds is 2. The van der Waals surface area contributed by atoms with Gasteiger partial charge < -0.3 is 18.0 Å². The van der Waals surface area contributed by atoms with Crippen molar-refractivity contribution in [3.05, 3.63) is 236 Å². The number of aromatic nitrogens is 4. The molecule has 0 saturated carbocycles. The molecule has 6 heteroatoms. The summed E-state index contributed by atoms with van der Waals surface area (Å²) in [7, 11) is 0. The molecule has 0 aliphatic carbocycles. The van der Waals surface area contributed by atoms with Gasteiger partial charge in [0.15, 0.2) is 0 Å². The number of benzene rings is 9. The molecule has 1 aliphatic rings. The van der Waals surface area contributed by atoms with Crippen molar-refractivity contribution in [2.24, 2.45) is 0 Å². The number of fused-ring (bicyclic) bond motifs is 23. The van der Waals surface area contributed by atoms with E-state index in [9.17, 15) is 5.48 Å². The van der Waals surface area contributed by atoms with Crippen LogP contribution in [0, 0.1) is 12.1 Å². The summed E-state index contributed by atoms with van der Waals surface area (Å²) in [5, 5.41) is 4.83. The molecule has 70 heavy (non-hydrogen) atoms. The third kappa shape index (κ3) is 7.37. The van der Waals surface area contributed by atoms with Crippen molar-refractivity contribution in [1.29, 1.82) is 0 Å². The Hall–Kier alpha value is -8.11. The number of hydrogen-bond acceptors (Lipinski definition) is 2. The minimum Gasteiger partial charge on any atom is -0.510 e. The Morgan fingerprint density at radius 2 is 1.30 bits per heavy atom. The molecule has 13 rings (SSSR count). The minimum atomic E-state index is -0.590. The van der Waals surface area contributed by atoms with Crippen molar-refractivity contribution in [2.45, 2.75) is 26.2 Å². The summed E-state index contributed by atoms with van der Waals surface area (Å²) in [6.45, 7) is 6.67.